The van der Waals surface area contributed by atoms with Gasteiger partial charge in [0.05, 0.1) is 7.11 Å². The first-order valence-corrected chi connectivity index (χ1v) is 4.24. The molecular formula is C11H13NO2. The lowest BCUT2D eigenvalue weighted by Crippen LogP contribution is -2.20. The van der Waals surface area contributed by atoms with Gasteiger partial charge in [-0.1, -0.05) is 6.58 Å². The molecule has 0 radical (unpaired) electrons. The Morgan fingerprint density at radius 1 is 1.36 bits per heavy atom. The van der Waals surface area contributed by atoms with E-state index >= 15 is 0 Å². The van der Waals surface area contributed by atoms with E-state index in [4.69, 9.17) is 4.74 Å². The van der Waals surface area contributed by atoms with Crippen molar-refractivity contribution in [3.05, 3.63) is 42.1 Å². The van der Waals surface area contributed by atoms with Crippen LogP contribution in [0.4, 0.5) is 0 Å². The Bertz CT molecular complexity index is 341. The van der Waals surface area contributed by atoms with Gasteiger partial charge in [-0.3, -0.25) is 4.79 Å². The number of ether oxygens (including phenoxy) is 1. The molecule has 1 aromatic rings. The summed E-state index contributed by atoms with van der Waals surface area (Å²) >= 11 is 0. The molecule has 1 amide bonds. The standard InChI is InChI=1S/C11H13NO2/c1-8(2)12-11(13)9-4-6-10(14-3)7-5-9/h4-7H,1H2,2-3H3,(H,12,13). The third-order valence-corrected chi connectivity index (χ3v) is 1.68. The van der Waals surface area contributed by atoms with E-state index < -0.39 is 0 Å². The molecule has 3 heteroatoms. The summed E-state index contributed by atoms with van der Waals surface area (Å²) in [6.07, 6.45) is 0. The summed E-state index contributed by atoms with van der Waals surface area (Å²) in [5.41, 5.74) is 1.22. The molecule has 0 aliphatic carbocycles. The lowest BCUT2D eigenvalue weighted by atomic mass is 10.2. The van der Waals surface area contributed by atoms with E-state index in [0.29, 0.717) is 11.3 Å². The molecule has 0 heterocycles. The smallest absolute Gasteiger partial charge is 0.255 e. The van der Waals surface area contributed by atoms with Crippen molar-refractivity contribution >= 4 is 5.91 Å². The Morgan fingerprint density at radius 2 is 1.93 bits per heavy atom. The summed E-state index contributed by atoms with van der Waals surface area (Å²) in [4.78, 5) is 11.4. The highest BCUT2D eigenvalue weighted by atomic mass is 16.5. The van der Waals surface area contributed by atoms with Crippen LogP contribution >= 0.6 is 0 Å². The second kappa shape index (κ2) is 4.46. The first kappa shape index (κ1) is 10.3. The molecule has 0 bridgehead atoms. The van der Waals surface area contributed by atoms with E-state index in [-0.39, 0.29) is 5.91 Å². The zero-order chi connectivity index (χ0) is 10.6. The maximum absolute atomic E-state index is 11.4. The lowest BCUT2D eigenvalue weighted by Gasteiger charge is -2.04. The minimum Gasteiger partial charge on any atom is -0.497 e. The number of hydrogen-bond acceptors (Lipinski definition) is 2. The summed E-state index contributed by atoms with van der Waals surface area (Å²) in [5.74, 6) is 0.581. The van der Waals surface area contributed by atoms with Gasteiger partial charge in [0.1, 0.15) is 5.75 Å². The minimum absolute atomic E-state index is 0.153. The quantitative estimate of drug-likeness (QED) is 0.793. The van der Waals surface area contributed by atoms with Crippen LogP contribution in [0, 0.1) is 0 Å². The Hall–Kier alpha value is -1.77. The van der Waals surface area contributed by atoms with E-state index in [2.05, 4.69) is 11.9 Å². The average Bonchev–Trinajstić information content (AvgIpc) is 2.17. The number of rotatable bonds is 3. The molecule has 0 unspecified atom stereocenters. The highest BCUT2D eigenvalue weighted by Gasteiger charge is 2.04. The molecule has 0 aromatic heterocycles. The predicted octanol–water partition coefficient (Wildman–Crippen LogP) is 1.96. The summed E-state index contributed by atoms with van der Waals surface area (Å²) in [6, 6.07) is 6.90. The van der Waals surface area contributed by atoms with Crippen molar-refractivity contribution in [2.45, 2.75) is 6.92 Å². The van der Waals surface area contributed by atoms with Gasteiger partial charge < -0.3 is 10.1 Å². The zero-order valence-electron chi connectivity index (χ0n) is 8.33. The van der Waals surface area contributed by atoms with Gasteiger partial charge in [0.15, 0.2) is 0 Å². The van der Waals surface area contributed by atoms with E-state index in [1.165, 1.54) is 0 Å². The van der Waals surface area contributed by atoms with Gasteiger partial charge in [0.2, 0.25) is 0 Å². The SMILES string of the molecule is C=C(C)NC(=O)c1ccc(OC)cc1. The van der Waals surface area contributed by atoms with Crippen LogP contribution in [0.1, 0.15) is 17.3 Å². The topological polar surface area (TPSA) is 38.3 Å². The lowest BCUT2D eigenvalue weighted by molar-refractivity contribution is 0.0966. The molecule has 0 saturated heterocycles. The largest absolute Gasteiger partial charge is 0.497 e. The van der Waals surface area contributed by atoms with Gasteiger partial charge in [-0.25, -0.2) is 0 Å². The van der Waals surface area contributed by atoms with Crippen molar-refractivity contribution < 1.29 is 9.53 Å². The fourth-order valence-electron chi connectivity index (χ4n) is 1.01. The molecule has 0 fully saturated rings. The number of allylic oxidation sites excluding steroid dienone is 1. The summed E-state index contributed by atoms with van der Waals surface area (Å²) in [5, 5.41) is 2.62. The van der Waals surface area contributed by atoms with Crippen molar-refractivity contribution in [2.24, 2.45) is 0 Å². The minimum atomic E-state index is -0.153. The van der Waals surface area contributed by atoms with Crippen molar-refractivity contribution in [3.8, 4) is 5.75 Å². The molecule has 1 aromatic carbocycles. The van der Waals surface area contributed by atoms with E-state index in [0.717, 1.165) is 5.75 Å². The van der Waals surface area contributed by atoms with Gasteiger partial charge in [-0.15, -0.1) is 0 Å². The van der Waals surface area contributed by atoms with Crippen LogP contribution in [0.3, 0.4) is 0 Å². The Kier molecular flexibility index (Phi) is 3.29. The van der Waals surface area contributed by atoms with Crippen LogP contribution in [0.15, 0.2) is 36.5 Å². The molecule has 1 N–H and O–H groups in total. The van der Waals surface area contributed by atoms with Gasteiger partial charge >= 0.3 is 0 Å². The number of methoxy groups -OCH3 is 1. The third kappa shape index (κ3) is 2.62. The van der Waals surface area contributed by atoms with Crippen LogP contribution in [0.5, 0.6) is 5.75 Å². The summed E-state index contributed by atoms with van der Waals surface area (Å²) < 4.78 is 4.98. The van der Waals surface area contributed by atoms with E-state index in [1.54, 1.807) is 38.3 Å². The van der Waals surface area contributed by atoms with Crippen LogP contribution in [0.2, 0.25) is 0 Å². The van der Waals surface area contributed by atoms with Crippen molar-refractivity contribution in [1.82, 2.24) is 5.32 Å². The molecule has 1 rings (SSSR count). The van der Waals surface area contributed by atoms with Crippen LogP contribution in [-0.2, 0) is 0 Å². The molecule has 74 valence electrons. The molecule has 14 heavy (non-hydrogen) atoms. The van der Waals surface area contributed by atoms with Gasteiger partial charge in [0.25, 0.3) is 5.91 Å². The molecule has 0 aliphatic heterocycles. The molecule has 0 saturated carbocycles. The fraction of sp³-hybridized carbons (Fsp3) is 0.182. The second-order valence-electron chi connectivity index (χ2n) is 2.96. The second-order valence-corrected chi connectivity index (χ2v) is 2.96. The predicted molar refractivity (Wildman–Crippen MR) is 55.3 cm³/mol. The Morgan fingerprint density at radius 3 is 2.36 bits per heavy atom. The van der Waals surface area contributed by atoms with Crippen molar-refractivity contribution in [3.63, 3.8) is 0 Å². The number of carbonyl (C=O) groups excluding carboxylic acids is 1. The Labute approximate surface area is 83.4 Å². The van der Waals surface area contributed by atoms with E-state index in [9.17, 15) is 4.79 Å². The maximum atomic E-state index is 11.4. The molecule has 3 nitrogen and oxygen atoms in total. The monoisotopic (exact) mass is 191 g/mol. The molecule has 0 spiro atoms. The van der Waals surface area contributed by atoms with Crippen molar-refractivity contribution in [2.75, 3.05) is 7.11 Å². The summed E-state index contributed by atoms with van der Waals surface area (Å²) in [7, 11) is 1.59. The number of amides is 1. The van der Waals surface area contributed by atoms with Crippen LogP contribution in [-0.4, -0.2) is 13.0 Å². The fourth-order valence-corrected chi connectivity index (χ4v) is 1.01. The first-order valence-electron chi connectivity index (χ1n) is 4.24. The number of benzene rings is 1. The van der Waals surface area contributed by atoms with Crippen LogP contribution < -0.4 is 10.1 Å². The highest BCUT2D eigenvalue weighted by molar-refractivity contribution is 5.95. The number of nitrogens with one attached hydrogen (secondary N) is 1. The number of hydrogen-bond donors (Lipinski definition) is 1. The van der Waals surface area contributed by atoms with Crippen molar-refractivity contribution in [1.29, 1.82) is 0 Å². The number of carbonyl (C=O) groups is 1. The Balaban J connectivity index is 2.76. The molecular weight excluding hydrogens is 178 g/mol. The highest BCUT2D eigenvalue weighted by Crippen LogP contribution is 2.11. The van der Waals surface area contributed by atoms with Gasteiger partial charge in [0, 0.05) is 11.3 Å². The van der Waals surface area contributed by atoms with Crippen LogP contribution in [0.25, 0.3) is 0 Å². The maximum Gasteiger partial charge on any atom is 0.255 e. The molecule has 0 atom stereocenters. The normalized spacial score (nSPS) is 9.29. The first-order chi connectivity index (χ1) is 6.63. The van der Waals surface area contributed by atoms with Gasteiger partial charge in [-0.2, -0.15) is 0 Å². The average molecular weight is 191 g/mol. The third-order valence-electron chi connectivity index (χ3n) is 1.68. The summed E-state index contributed by atoms with van der Waals surface area (Å²) in [6.45, 7) is 5.34. The van der Waals surface area contributed by atoms with E-state index in [1.807, 2.05) is 0 Å². The van der Waals surface area contributed by atoms with Gasteiger partial charge in [-0.05, 0) is 31.2 Å². The molecule has 0 aliphatic rings. The zero-order valence-corrected chi connectivity index (χ0v) is 8.33.